The highest BCUT2D eigenvalue weighted by Gasteiger charge is 1.86. The minimum Gasteiger partial charge on any atom is -0.103 e. The fourth-order valence-corrected chi connectivity index (χ4v) is 1.58. The Morgan fingerprint density at radius 3 is 2.00 bits per heavy atom. The summed E-state index contributed by atoms with van der Waals surface area (Å²) in [5.41, 5.74) is 0. The van der Waals surface area contributed by atoms with Gasteiger partial charge in [-0.15, -0.1) is 6.58 Å². The van der Waals surface area contributed by atoms with E-state index in [0.717, 1.165) is 6.42 Å². The van der Waals surface area contributed by atoms with Crippen molar-refractivity contribution in [3.8, 4) is 0 Å². The number of hydrogen-bond donors (Lipinski definition) is 0. The maximum absolute atomic E-state index is 3.73. The van der Waals surface area contributed by atoms with Gasteiger partial charge in [0.1, 0.15) is 0 Å². The van der Waals surface area contributed by atoms with Gasteiger partial charge in [-0.3, -0.25) is 0 Å². The largest absolute Gasteiger partial charge is 0.103 e. The van der Waals surface area contributed by atoms with Crippen LogP contribution in [0.15, 0.2) is 37.0 Å². The highest BCUT2D eigenvalue weighted by molar-refractivity contribution is 4.92. The first-order chi connectivity index (χ1) is 7.91. The molecule has 0 saturated carbocycles. The van der Waals surface area contributed by atoms with E-state index in [1.165, 1.54) is 51.4 Å². The molecule has 16 heavy (non-hydrogen) atoms. The van der Waals surface area contributed by atoms with Crippen molar-refractivity contribution in [1.82, 2.24) is 0 Å². The van der Waals surface area contributed by atoms with Gasteiger partial charge < -0.3 is 0 Å². The van der Waals surface area contributed by atoms with Crippen LogP contribution in [0.1, 0.15) is 64.7 Å². The molecule has 92 valence electrons. The summed E-state index contributed by atoms with van der Waals surface area (Å²) in [5, 5.41) is 0. The SMILES string of the molecule is C=CCCCCCCC=CCC=CCCC. The molecule has 0 aliphatic rings. The van der Waals surface area contributed by atoms with Crippen molar-refractivity contribution in [1.29, 1.82) is 0 Å². The maximum atomic E-state index is 3.73. The second kappa shape index (κ2) is 14.2. The van der Waals surface area contributed by atoms with Gasteiger partial charge >= 0.3 is 0 Å². The summed E-state index contributed by atoms with van der Waals surface area (Å²) in [6, 6.07) is 0. The molecule has 0 aromatic rings. The molecular weight excluding hydrogens is 192 g/mol. The molecule has 0 bridgehead atoms. The lowest BCUT2D eigenvalue weighted by atomic mass is 10.1. The summed E-state index contributed by atoms with van der Waals surface area (Å²) in [4.78, 5) is 0. The van der Waals surface area contributed by atoms with Gasteiger partial charge in [0.05, 0.1) is 0 Å². The van der Waals surface area contributed by atoms with Gasteiger partial charge in [0, 0.05) is 0 Å². The van der Waals surface area contributed by atoms with Crippen LogP contribution in [-0.2, 0) is 0 Å². The third-order valence-electron chi connectivity index (χ3n) is 2.59. The standard InChI is InChI=1S/C16H28/c1-3-5-7-9-11-13-15-16-14-12-10-8-6-4-2/h3,8,10,14,16H,1,4-7,9,11-13,15H2,2H3. The molecule has 0 amide bonds. The van der Waals surface area contributed by atoms with Crippen LogP contribution in [-0.4, -0.2) is 0 Å². The van der Waals surface area contributed by atoms with E-state index >= 15 is 0 Å². The summed E-state index contributed by atoms with van der Waals surface area (Å²) in [5.74, 6) is 0. The van der Waals surface area contributed by atoms with Crippen molar-refractivity contribution >= 4 is 0 Å². The highest BCUT2D eigenvalue weighted by Crippen LogP contribution is 2.06. The van der Waals surface area contributed by atoms with E-state index in [-0.39, 0.29) is 0 Å². The molecule has 0 spiro atoms. The van der Waals surface area contributed by atoms with Crippen LogP contribution in [0.25, 0.3) is 0 Å². The molecule has 0 rings (SSSR count). The van der Waals surface area contributed by atoms with Crippen molar-refractivity contribution in [3.05, 3.63) is 37.0 Å². The average Bonchev–Trinajstić information content (AvgIpc) is 2.31. The van der Waals surface area contributed by atoms with Crippen LogP contribution in [0, 0.1) is 0 Å². The zero-order chi connectivity index (χ0) is 11.9. The predicted molar refractivity (Wildman–Crippen MR) is 75.7 cm³/mol. The third-order valence-corrected chi connectivity index (χ3v) is 2.59. The van der Waals surface area contributed by atoms with E-state index in [1.807, 2.05) is 6.08 Å². The molecule has 0 atom stereocenters. The minimum absolute atomic E-state index is 1.11. The van der Waals surface area contributed by atoms with Crippen molar-refractivity contribution in [2.45, 2.75) is 64.7 Å². The molecule has 0 aromatic heterocycles. The zero-order valence-corrected chi connectivity index (χ0v) is 11.0. The Morgan fingerprint density at radius 2 is 1.38 bits per heavy atom. The Morgan fingerprint density at radius 1 is 0.750 bits per heavy atom. The van der Waals surface area contributed by atoms with E-state index < -0.39 is 0 Å². The van der Waals surface area contributed by atoms with Crippen molar-refractivity contribution in [3.63, 3.8) is 0 Å². The van der Waals surface area contributed by atoms with E-state index in [0.29, 0.717) is 0 Å². The topological polar surface area (TPSA) is 0 Å². The van der Waals surface area contributed by atoms with Gasteiger partial charge in [0.15, 0.2) is 0 Å². The first-order valence-electron chi connectivity index (χ1n) is 6.82. The fourth-order valence-electron chi connectivity index (χ4n) is 1.58. The molecular formula is C16H28. The van der Waals surface area contributed by atoms with Crippen LogP contribution >= 0.6 is 0 Å². The van der Waals surface area contributed by atoms with Gasteiger partial charge in [-0.05, 0) is 38.5 Å². The summed E-state index contributed by atoms with van der Waals surface area (Å²) < 4.78 is 0. The van der Waals surface area contributed by atoms with Crippen LogP contribution < -0.4 is 0 Å². The van der Waals surface area contributed by atoms with E-state index in [4.69, 9.17) is 0 Å². The van der Waals surface area contributed by atoms with Crippen molar-refractivity contribution in [2.75, 3.05) is 0 Å². The number of allylic oxidation sites excluding steroid dienone is 5. The monoisotopic (exact) mass is 220 g/mol. The van der Waals surface area contributed by atoms with Crippen molar-refractivity contribution < 1.29 is 0 Å². The summed E-state index contributed by atoms with van der Waals surface area (Å²) in [6.45, 7) is 5.95. The Bertz CT molecular complexity index is 186. The molecule has 0 heteroatoms. The van der Waals surface area contributed by atoms with Crippen LogP contribution in [0.2, 0.25) is 0 Å². The zero-order valence-electron chi connectivity index (χ0n) is 11.0. The maximum Gasteiger partial charge on any atom is -0.0169 e. The molecule has 0 heterocycles. The van der Waals surface area contributed by atoms with Gasteiger partial charge in [0.25, 0.3) is 0 Å². The Kier molecular flexibility index (Phi) is 13.5. The fraction of sp³-hybridized carbons (Fsp3) is 0.625. The lowest BCUT2D eigenvalue weighted by Gasteiger charge is -1.96. The number of hydrogen-bond acceptors (Lipinski definition) is 0. The summed E-state index contributed by atoms with van der Waals surface area (Å²) in [6.07, 6.45) is 22.6. The van der Waals surface area contributed by atoms with Gasteiger partial charge in [-0.1, -0.05) is 56.6 Å². The molecule has 0 nitrogen and oxygen atoms in total. The van der Waals surface area contributed by atoms with Gasteiger partial charge in [-0.25, -0.2) is 0 Å². The quantitative estimate of drug-likeness (QED) is 0.304. The Labute approximate surface area is 102 Å². The van der Waals surface area contributed by atoms with Crippen LogP contribution in [0.4, 0.5) is 0 Å². The minimum atomic E-state index is 1.11. The summed E-state index contributed by atoms with van der Waals surface area (Å²) >= 11 is 0. The normalized spacial score (nSPS) is 11.6. The smallest absolute Gasteiger partial charge is 0.0169 e. The van der Waals surface area contributed by atoms with Crippen LogP contribution in [0.3, 0.4) is 0 Å². The van der Waals surface area contributed by atoms with Gasteiger partial charge in [0.2, 0.25) is 0 Å². The Balaban J connectivity index is 3.12. The number of unbranched alkanes of at least 4 members (excludes halogenated alkanes) is 6. The lowest BCUT2D eigenvalue weighted by Crippen LogP contribution is -1.76. The third kappa shape index (κ3) is 13.2. The molecule has 0 unspecified atom stereocenters. The molecule has 0 saturated heterocycles. The Hall–Kier alpha value is -0.780. The molecule has 0 radical (unpaired) electrons. The van der Waals surface area contributed by atoms with E-state index in [9.17, 15) is 0 Å². The first kappa shape index (κ1) is 15.2. The van der Waals surface area contributed by atoms with Crippen molar-refractivity contribution in [2.24, 2.45) is 0 Å². The molecule has 0 N–H and O–H groups in total. The number of rotatable bonds is 11. The predicted octanol–water partition coefficient (Wildman–Crippen LogP) is 5.82. The molecule has 0 aliphatic heterocycles. The van der Waals surface area contributed by atoms with E-state index in [2.05, 4.69) is 37.8 Å². The van der Waals surface area contributed by atoms with Gasteiger partial charge in [-0.2, -0.15) is 0 Å². The van der Waals surface area contributed by atoms with E-state index in [1.54, 1.807) is 0 Å². The molecule has 0 aromatic carbocycles. The molecule has 0 aliphatic carbocycles. The highest BCUT2D eigenvalue weighted by atomic mass is 13.9. The molecule has 0 fully saturated rings. The first-order valence-corrected chi connectivity index (χ1v) is 6.82. The second-order valence-corrected chi connectivity index (χ2v) is 4.25. The summed E-state index contributed by atoms with van der Waals surface area (Å²) in [7, 11) is 0. The average molecular weight is 220 g/mol. The second-order valence-electron chi connectivity index (χ2n) is 4.25. The lowest BCUT2D eigenvalue weighted by molar-refractivity contribution is 0.652. The van der Waals surface area contributed by atoms with Crippen LogP contribution in [0.5, 0.6) is 0 Å².